The number of nitrogens with zero attached hydrogens (tertiary/aromatic N) is 3. The van der Waals surface area contributed by atoms with Crippen molar-refractivity contribution < 1.29 is 28.2 Å². The summed E-state index contributed by atoms with van der Waals surface area (Å²) in [6.07, 6.45) is 0.704. The minimum atomic E-state index is -0.505. The predicted octanol–water partition coefficient (Wildman–Crippen LogP) is 4.40. The Balaban J connectivity index is 1.29. The molecule has 0 N–H and O–H groups in total. The molecule has 2 amide bonds. The topological polar surface area (TPSA) is 71.6 Å². The van der Waals surface area contributed by atoms with Gasteiger partial charge in [0.1, 0.15) is 11.6 Å². The van der Waals surface area contributed by atoms with Crippen LogP contribution in [0.2, 0.25) is 0 Å². The Kier molecular flexibility index (Phi) is 6.72. The zero-order valence-electron chi connectivity index (χ0n) is 21.7. The predicted molar refractivity (Wildman–Crippen MR) is 144 cm³/mol. The molecule has 0 aliphatic carbocycles. The summed E-state index contributed by atoms with van der Waals surface area (Å²) in [6, 6.07) is 19.2. The zero-order valence-corrected chi connectivity index (χ0v) is 21.7. The molecule has 2 atom stereocenters. The molecule has 3 aromatic carbocycles. The second-order valence-corrected chi connectivity index (χ2v) is 9.93. The number of anilines is 2. The third-order valence-corrected chi connectivity index (χ3v) is 7.79. The minimum Gasteiger partial charge on any atom is -0.497 e. The van der Waals surface area contributed by atoms with Crippen molar-refractivity contribution >= 4 is 23.2 Å². The van der Waals surface area contributed by atoms with Gasteiger partial charge >= 0.3 is 0 Å². The van der Waals surface area contributed by atoms with Gasteiger partial charge in [0, 0.05) is 44.4 Å². The highest BCUT2D eigenvalue weighted by molar-refractivity contribution is 5.98. The molecule has 39 heavy (non-hydrogen) atoms. The van der Waals surface area contributed by atoms with Gasteiger partial charge in [0.15, 0.2) is 11.5 Å². The highest BCUT2D eigenvalue weighted by atomic mass is 19.1. The third-order valence-electron chi connectivity index (χ3n) is 7.79. The van der Waals surface area contributed by atoms with E-state index in [-0.39, 0.29) is 30.8 Å². The third kappa shape index (κ3) is 4.73. The van der Waals surface area contributed by atoms with Crippen LogP contribution >= 0.6 is 0 Å². The van der Waals surface area contributed by atoms with Crippen LogP contribution in [0.3, 0.4) is 0 Å². The van der Waals surface area contributed by atoms with Gasteiger partial charge in [-0.15, -0.1) is 0 Å². The quantitative estimate of drug-likeness (QED) is 0.486. The van der Waals surface area contributed by atoms with Crippen LogP contribution in [0.5, 0.6) is 17.2 Å². The number of para-hydroxylation sites is 1. The number of carbonyl (C=O) groups excluding carboxylic acids is 2. The van der Waals surface area contributed by atoms with Crippen molar-refractivity contribution in [3.05, 3.63) is 78.1 Å². The number of halogens is 1. The van der Waals surface area contributed by atoms with E-state index < -0.39 is 12.0 Å². The summed E-state index contributed by atoms with van der Waals surface area (Å²) in [5, 5.41) is 0. The summed E-state index contributed by atoms with van der Waals surface area (Å²) in [5.41, 5.74) is 2.06. The minimum absolute atomic E-state index is 0.00208. The number of fused-ring (bicyclic) bond motifs is 1. The van der Waals surface area contributed by atoms with Crippen LogP contribution in [0.25, 0.3) is 0 Å². The van der Waals surface area contributed by atoms with Gasteiger partial charge in [0.25, 0.3) is 0 Å². The monoisotopic (exact) mass is 531 g/mol. The highest BCUT2D eigenvalue weighted by Gasteiger charge is 2.43. The van der Waals surface area contributed by atoms with E-state index in [0.717, 1.165) is 5.56 Å². The van der Waals surface area contributed by atoms with E-state index in [9.17, 15) is 14.0 Å². The van der Waals surface area contributed by atoms with E-state index in [4.69, 9.17) is 14.2 Å². The summed E-state index contributed by atoms with van der Waals surface area (Å²) in [5.74, 6) is 1.15. The van der Waals surface area contributed by atoms with Gasteiger partial charge < -0.3 is 28.9 Å². The fourth-order valence-electron chi connectivity index (χ4n) is 5.78. The van der Waals surface area contributed by atoms with Crippen LogP contribution in [0, 0.1) is 11.7 Å². The summed E-state index contributed by atoms with van der Waals surface area (Å²) in [6.45, 7) is 2.18. The SMILES string of the molecule is COc1ccc([C@@H]2[C@H](C(=O)N3CCN(c4ccccc4F)CC3)CCC(=O)N2c2ccc3c(c2)OCO3)cc1. The Hall–Kier alpha value is -4.27. The number of hydrogen-bond donors (Lipinski definition) is 0. The number of piperazine rings is 1. The van der Waals surface area contributed by atoms with E-state index >= 15 is 0 Å². The van der Waals surface area contributed by atoms with Crippen molar-refractivity contribution in [3.8, 4) is 17.2 Å². The molecule has 0 unspecified atom stereocenters. The Morgan fingerprint density at radius 3 is 2.44 bits per heavy atom. The summed E-state index contributed by atoms with van der Waals surface area (Å²) in [4.78, 5) is 33.1. The number of rotatable bonds is 5. The summed E-state index contributed by atoms with van der Waals surface area (Å²) < 4.78 is 30.7. The van der Waals surface area contributed by atoms with E-state index in [1.54, 1.807) is 36.3 Å². The number of hydrogen-bond acceptors (Lipinski definition) is 6. The Morgan fingerprint density at radius 1 is 0.949 bits per heavy atom. The normalized spacial score (nSPS) is 20.8. The molecule has 0 saturated carbocycles. The highest BCUT2D eigenvalue weighted by Crippen LogP contribution is 2.44. The van der Waals surface area contributed by atoms with Crippen LogP contribution in [-0.2, 0) is 9.59 Å². The van der Waals surface area contributed by atoms with E-state index in [1.807, 2.05) is 46.2 Å². The van der Waals surface area contributed by atoms with Gasteiger partial charge in [-0.25, -0.2) is 4.39 Å². The first-order valence-corrected chi connectivity index (χ1v) is 13.2. The molecule has 3 heterocycles. The number of ether oxygens (including phenoxy) is 3. The van der Waals surface area contributed by atoms with Gasteiger partial charge in [0.05, 0.1) is 24.8 Å². The van der Waals surface area contributed by atoms with E-state index in [2.05, 4.69) is 0 Å². The molecule has 2 fully saturated rings. The zero-order chi connectivity index (χ0) is 26.9. The molecule has 8 nitrogen and oxygen atoms in total. The molecule has 3 aliphatic rings. The van der Waals surface area contributed by atoms with Crippen LogP contribution in [0.4, 0.5) is 15.8 Å². The van der Waals surface area contributed by atoms with Gasteiger partial charge in [-0.1, -0.05) is 24.3 Å². The molecule has 0 radical (unpaired) electrons. The lowest BCUT2D eigenvalue weighted by atomic mass is 9.82. The lowest BCUT2D eigenvalue weighted by Gasteiger charge is -2.44. The molecule has 3 aromatic rings. The largest absolute Gasteiger partial charge is 0.497 e. The molecule has 6 rings (SSSR count). The number of benzene rings is 3. The first-order chi connectivity index (χ1) is 19.0. The van der Waals surface area contributed by atoms with Crippen LogP contribution in [0.15, 0.2) is 66.7 Å². The van der Waals surface area contributed by atoms with Crippen LogP contribution in [-0.4, -0.2) is 56.8 Å². The molecule has 0 aromatic heterocycles. The summed E-state index contributed by atoms with van der Waals surface area (Å²) in [7, 11) is 1.60. The van der Waals surface area contributed by atoms with Crippen molar-refractivity contribution in [2.45, 2.75) is 18.9 Å². The van der Waals surface area contributed by atoms with Crippen LogP contribution in [0.1, 0.15) is 24.4 Å². The molecule has 9 heteroatoms. The van der Waals surface area contributed by atoms with Gasteiger partial charge in [0.2, 0.25) is 18.6 Å². The fourth-order valence-corrected chi connectivity index (χ4v) is 5.78. The van der Waals surface area contributed by atoms with Crippen LogP contribution < -0.4 is 24.0 Å². The van der Waals surface area contributed by atoms with Crippen molar-refractivity contribution in [1.82, 2.24) is 4.90 Å². The van der Waals surface area contributed by atoms with Crippen molar-refractivity contribution in [2.24, 2.45) is 5.92 Å². The van der Waals surface area contributed by atoms with Crippen molar-refractivity contribution in [3.63, 3.8) is 0 Å². The first kappa shape index (κ1) is 25.0. The van der Waals surface area contributed by atoms with E-state index in [0.29, 0.717) is 61.2 Å². The summed E-state index contributed by atoms with van der Waals surface area (Å²) >= 11 is 0. The molecule has 202 valence electrons. The van der Waals surface area contributed by atoms with Gasteiger partial charge in [-0.2, -0.15) is 0 Å². The molecule has 3 aliphatic heterocycles. The molecular weight excluding hydrogens is 501 g/mol. The van der Waals surface area contributed by atoms with Gasteiger partial charge in [-0.05, 0) is 48.4 Å². The Bertz CT molecular complexity index is 1370. The molecule has 0 spiro atoms. The maximum atomic E-state index is 14.4. The fraction of sp³-hybridized carbons (Fsp3) is 0.333. The number of carbonyl (C=O) groups is 2. The number of methoxy groups -OCH3 is 1. The first-order valence-electron chi connectivity index (χ1n) is 13.2. The Labute approximate surface area is 226 Å². The Morgan fingerprint density at radius 2 is 1.69 bits per heavy atom. The van der Waals surface area contributed by atoms with Gasteiger partial charge in [-0.3, -0.25) is 9.59 Å². The second-order valence-electron chi connectivity index (χ2n) is 9.93. The molecule has 0 bridgehead atoms. The molecular formula is C30H30FN3O5. The molecule has 2 saturated heterocycles. The van der Waals surface area contributed by atoms with Crippen molar-refractivity contribution in [1.29, 1.82) is 0 Å². The lowest BCUT2D eigenvalue weighted by molar-refractivity contribution is -0.138. The second kappa shape index (κ2) is 10.5. The van der Waals surface area contributed by atoms with Crippen molar-refractivity contribution in [2.75, 3.05) is 49.9 Å². The number of piperidine rings is 1. The van der Waals surface area contributed by atoms with E-state index in [1.165, 1.54) is 6.07 Å². The average Bonchev–Trinajstić information content (AvgIpc) is 3.45. The smallest absolute Gasteiger partial charge is 0.231 e. The lowest BCUT2D eigenvalue weighted by Crippen LogP contribution is -2.54. The standard InChI is InChI=1S/C30H30FN3O5/c1-37-22-9-6-20(7-10-22)29-23(11-13-28(35)34(29)21-8-12-26-27(18-21)39-19-38-26)30(36)33-16-14-32(15-17-33)25-5-3-2-4-24(25)31/h2-10,12,18,23,29H,11,13-17,19H2,1H3/t23-,29-/m1/s1. The maximum Gasteiger partial charge on any atom is 0.231 e. The number of amides is 2. The maximum absolute atomic E-state index is 14.4. The average molecular weight is 532 g/mol.